The molecule has 0 aliphatic carbocycles. The summed E-state index contributed by atoms with van der Waals surface area (Å²) in [6.45, 7) is 3.05. The molecule has 1 aliphatic heterocycles. The maximum Gasteiger partial charge on any atom is 0.416 e. The van der Waals surface area contributed by atoms with Gasteiger partial charge in [-0.3, -0.25) is 4.90 Å². The van der Waals surface area contributed by atoms with Crippen LogP contribution in [-0.4, -0.2) is 31.6 Å². The number of hydrogen-bond donors (Lipinski definition) is 1. The number of halogens is 3. The van der Waals surface area contributed by atoms with Crippen molar-refractivity contribution in [1.82, 2.24) is 10.2 Å². The molecule has 1 saturated heterocycles. The Bertz CT molecular complexity index is 417. The molecule has 1 N–H and O–H groups in total. The molecule has 0 saturated carbocycles. The molecule has 106 valence electrons. The lowest BCUT2D eigenvalue weighted by Gasteiger charge is -2.19. The highest BCUT2D eigenvalue weighted by Gasteiger charge is 2.33. The van der Waals surface area contributed by atoms with Crippen molar-refractivity contribution in [1.29, 1.82) is 0 Å². The molecule has 1 fully saturated rings. The Labute approximate surface area is 111 Å². The van der Waals surface area contributed by atoms with Crippen molar-refractivity contribution in [2.45, 2.75) is 19.1 Å². The van der Waals surface area contributed by atoms with Gasteiger partial charge in [-0.25, -0.2) is 0 Å². The first-order valence-corrected chi connectivity index (χ1v) is 6.52. The Balaban J connectivity index is 2.04. The van der Waals surface area contributed by atoms with Gasteiger partial charge in [0.2, 0.25) is 0 Å². The molecular formula is C14H19F3N2. The van der Waals surface area contributed by atoms with Crippen molar-refractivity contribution in [3.8, 4) is 0 Å². The normalized spacial score (nSPS) is 20.9. The molecule has 0 spiro atoms. The lowest BCUT2D eigenvalue weighted by molar-refractivity contribution is -0.138. The first-order valence-electron chi connectivity index (χ1n) is 6.52. The smallest absolute Gasteiger partial charge is 0.319 e. The summed E-state index contributed by atoms with van der Waals surface area (Å²) in [5.41, 5.74) is -0.132. The van der Waals surface area contributed by atoms with Crippen molar-refractivity contribution < 1.29 is 13.2 Å². The molecule has 0 bridgehead atoms. The fraction of sp³-hybridized carbons (Fsp3) is 0.571. The number of nitrogens with zero attached hydrogens (tertiary/aromatic N) is 1. The third kappa shape index (κ3) is 3.70. The molecule has 1 aliphatic rings. The quantitative estimate of drug-likeness (QED) is 0.906. The minimum atomic E-state index is -4.26. The van der Waals surface area contributed by atoms with Gasteiger partial charge in [0.25, 0.3) is 0 Å². The molecule has 2 rings (SSSR count). The predicted octanol–water partition coefficient (Wildman–Crippen LogP) is 2.75. The summed E-state index contributed by atoms with van der Waals surface area (Å²) in [5, 5.41) is 3.12. The van der Waals surface area contributed by atoms with E-state index in [0.29, 0.717) is 18.0 Å². The Morgan fingerprint density at radius 3 is 2.74 bits per heavy atom. The predicted molar refractivity (Wildman–Crippen MR) is 68.8 cm³/mol. The summed E-state index contributed by atoms with van der Waals surface area (Å²) in [6, 6.07) is 5.86. The topological polar surface area (TPSA) is 15.3 Å². The summed E-state index contributed by atoms with van der Waals surface area (Å²) in [7, 11) is 1.90. The zero-order valence-electron chi connectivity index (χ0n) is 11.0. The summed E-state index contributed by atoms with van der Waals surface area (Å²) in [6.07, 6.45) is -3.21. The van der Waals surface area contributed by atoms with Gasteiger partial charge in [0.1, 0.15) is 0 Å². The average Bonchev–Trinajstić information content (AvgIpc) is 2.76. The molecular weight excluding hydrogens is 253 g/mol. The van der Waals surface area contributed by atoms with Crippen LogP contribution in [-0.2, 0) is 12.7 Å². The molecule has 1 unspecified atom stereocenters. The Morgan fingerprint density at radius 2 is 2.05 bits per heavy atom. The van der Waals surface area contributed by atoms with Gasteiger partial charge in [-0.2, -0.15) is 13.2 Å². The zero-order valence-corrected chi connectivity index (χ0v) is 11.0. The number of rotatable bonds is 4. The number of alkyl halides is 3. The van der Waals surface area contributed by atoms with E-state index in [4.69, 9.17) is 0 Å². The van der Waals surface area contributed by atoms with Crippen molar-refractivity contribution in [2.75, 3.05) is 26.7 Å². The van der Waals surface area contributed by atoms with Gasteiger partial charge in [0.15, 0.2) is 0 Å². The molecule has 0 aromatic heterocycles. The average molecular weight is 272 g/mol. The maximum absolute atomic E-state index is 12.9. The Hall–Kier alpha value is -1.07. The number of benzene rings is 1. The molecule has 0 amide bonds. The van der Waals surface area contributed by atoms with Gasteiger partial charge in [-0.1, -0.05) is 18.2 Å². The summed E-state index contributed by atoms with van der Waals surface area (Å²) in [5.74, 6) is 0.544. The number of nitrogens with one attached hydrogen (secondary N) is 1. The van der Waals surface area contributed by atoms with Crippen molar-refractivity contribution in [3.63, 3.8) is 0 Å². The van der Waals surface area contributed by atoms with Crippen LogP contribution in [0.3, 0.4) is 0 Å². The van der Waals surface area contributed by atoms with E-state index in [0.717, 1.165) is 32.1 Å². The molecule has 1 atom stereocenters. The van der Waals surface area contributed by atoms with E-state index >= 15 is 0 Å². The number of likely N-dealkylation sites (tertiary alicyclic amines) is 1. The second-order valence-electron chi connectivity index (χ2n) is 5.10. The lowest BCUT2D eigenvalue weighted by Crippen LogP contribution is -2.25. The standard InChI is InChI=1S/C14H19F3N2/c1-18-8-11-6-7-19(9-11)10-12-4-2-3-5-13(12)14(15,16)17/h2-5,11,18H,6-10H2,1H3. The van der Waals surface area contributed by atoms with Crippen molar-refractivity contribution >= 4 is 0 Å². The highest BCUT2D eigenvalue weighted by Crippen LogP contribution is 2.33. The monoisotopic (exact) mass is 272 g/mol. The SMILES string of the molecule is CNCC1CCN(Cc2ccccc2C(F)(F)F)C1. The van der Waals surface area contributed by atoms with Gasteiger partial charge in [0.05, 0.1) is 5.56 Å². The second-order valence-corrected chi connectivity index (χ2v) is 5.10. The first kappa shape index (κ1) is 14.3. The maximum atomic E-state index is 12.9. The van der Waals surface area contributed by atoms with Crippen LogP contribution in [0.5, 0.6) is 0 Å². The molecule has 5 heteroatoms. The molecule has 0 radical (unpaired) electrons. The highest BCUT2D eigenvalue weighted by molar-refractivity contribution is 5.29. The van der Waals surface area contributed by atoms with E-state index in [1.165, 1.54) is 6.07 Å². The van der Waals surface area contributed by atoms with E-state index in [9.17, 15) is 13.2 Å². The first-order chi connectivity index (χ1) is 9.00. The van der Waals surface area contributed by atoms with Crippen molar-refractivity contribution in [3.05, 3.63) is 35.4 Å². The van der Waals surface area contributed by atoms with Crippen LogP contribution in [0.2, 0.25) is 0 Å². The fourth-order valence-corrected chi connectivity index (χ4v) is 2.69. The lowest BCUT2D eigenvalue weighted by atomic mass is 10.1. The van der Waals surface area contributed by atoms with E-state index in [1.54, 1.807) is 12.1 Å². The van der Waals surface area contributed by atoms with E-state index in [1.807, 2.05) is 7.05 Å². The van der Waals surface area contributed by atoms with Crippen LogP contribution in [0.25, 0.3) is 0 Å². The fourth-order valence-electron chi connectivity index (χ4n) is 2.69. The van der Waals surface area contributed by atoms with Crippen LogP contribution >= 0.6 is 0 Å². The van der Waals surface area contributed by atoms with E-state index < -0.39 is 11.7 Å². The number of hydrogen-bond acceptors (Lipinski definition) is 2. The zero-order chi connectivity index (χ0) is 13.9. The van der Waals surface area contributed by atoms with E-state index in [2.05, 4.69) is 10.2 Å². The second kappa shape index (κ2) is 5.92. The van der Waals surface area contributed by atoms with Gasteiger partial charge in [-0.05, 0) is 44.1 Å². The molecule has 1 heterocycles. The Morgan fingerprint density at radius 1 is 1.32 bits per heavy atom. The van der Waals surface area contributed by atoms with E-state index in [-0.39, 0.29) is 0 Å². The van der Waals surface area contributed by atoms with Crippen LogP contribution in [0.4, 0.5) is 13.2 Å². The van der Waals surface area contributed by atoms with Crippen LogP contribution < -0.4 is 5.32 Å². The summed E-state index contributed by atoms with van der Waals surface area (Å²) in [4.78, 5) is 2.10. The molecule has 1 aromatic rings. The largest absolute Gasteiger partial charge is 0.416 e. The minimum Gasteiger partial charge on any atom is -0.319 e. The van der Waals surface area contributed by atoms with Gasteiger partial charge >= 0.3 is 6.18 Å². The Kier molecular flexibility index (Phi) is 4.47. The van der Waals surface area contributed by atoms with Crippen LogP contribution in [0, 0.1) is 5.92 Å². The van der Waals surface area contributed by atoms with Crippen molar-refractivity contribution in [2.24, 2.45) is 5.92 Å². The summed E-state index contributed by atoms with van der Waals surface area (Å²) < 4.78 is 38.7. The van der Waals surface area contributed by atoms with Gasteiger partial charge in [0, 0.05) is 13.1 Å². The molecule has 2 nitrogen and oxygen atoms in total. The minimum absolute atomic E-state index is 0.375. The highest BCUT2D eigenvalue weighted by atomic mass is 19.4. The van der Waals surface area contributed by atoms with Gasteiger partial charge in [-0.15, -0.1) is 0 Å². The summed E-state index contributed by atoms with van der Waals surface area (Å²) >= 11 is 0. The van der Waals surface area contributed by atoms with Crippen LogP contribution in [0.15, 0.2) is 24.3 Å². The van der Waals surface area contributed by atoms with Gasteiger partial charge < -0.3 is 5.32 Å². The molecule has 1 aromatic carbocycles. The molecule has 19 heavy (non-hydrogen) atoms. The third-order valence-electron chi connectivity index (χ3n) is 3.58. The third-order valence-corrected chi connectivity index (χ3v) is 3.58. The van der Waals surface area contributed by atoms with Crippen LogP contribution in [0.1, 0.15) is 17.5 Å².